The van der Waals surface area contributed by atoms with Crippen LogP contribution in [0.4, 0.5) is 11.4 Å². The zero-order valence-electron chi connectivity index (χ0n) is 12.9. The van der Waals surface area contributed by atoms with Gasteiger partial charge < -0.3 is 4.74 Å². The van der Waals surface area contributed by atoms with Gasteiger partial charge in [0.15, 0.2) is 0 Å². The number of sulfonamides is 1. The predicted octanol–water partition coefficient (Wildman–Crippen LogP) is 3.76. The van der Waals surface area contributed by atoms with Gasteiger partial charge in [0.05, 0.1) is 17.2 Å². The van der Waals surface area contributed by atoms with E-state index in [2.05, 4.69) is 4.72 Å². The molecule has 0 spiro atoms. The van der Waals surface area contributed by atoms with Gasteiger partial charge in [0, 0.05) is 17.2 Å². The van der Waals surface area contributed by atoms with Gasteiger partial charge in [-0.15, -0.1) is 0 Å². The normalized spacial score (nSPS) is 11.1. The third kappa shape index (κ3) is 3.95. The Morgan fingerprint density at radius 1 is 1.25 bits per heavy atom. The molecule has 0 aliphatic heterocycles. The van der Waals surface area contributed by atoms with E-state index in [4.69, 9.17) is 16.3 Å². The van der Waals surface area contributed by atoms with Gasteiger partial charge in [-0.1, -0.05) is 17.7 Å². The molecule has 0 aromatic heterocycles. The smallest absolute Gasteiger partial charge is 0.271 e. The van der Waals surface area contributed by atoms with Crippen LogP contribution >= 0.6 is 11.6 Å². The minimum atomic E-state index is -4.04. The summed E-state index contributed by atoms with van der Waals surface area (Å²) in [4.78, 5) is 10.1. The van der Waals surface area contributed by atoms with Crippen LogP contribution in [0.15, 0.2) is 41.3 Å². The summed E-state index contributed by atoms with van der Waals surface area (Å²) in [5.74, 6) is 0.150. The Morgan fingerprint density at radius 3 is 2.58 bits per heavy atom. The third-order valence-electron chi connectivity index (χ3n) is 3.17. The highest BCUT2D eigenvalue weighted by Crippen LogP contribution is 2.30. The summed E-state index contributed by atoms with van der Waals surface area (Å²) in [6.07, 6.45) is 0. The topological polar surface area (TPSA) is 98.5 Å². The number of nitrogens with zero attached hydrogens (tertiary/aromatic N) is 1. The number of rotatable bonds is 6. The number of ether oxygens (including phenoxy) is 1. The highest BCUT2D eigenvalue weighted by atomic mass is 35.5. The maximum atomic E-state index is 12.7. The number of nitrogens with one attached hydrogen (secondary N) is 1. The highest BCUT2D eigenvalue weighted by Gasteiger charge is 2.22. The molecule has 0 saturated heterocycles. The fourth-order valence-electron chi connectivity index (χ4n) is 2.00. The van der Waals surface area contributed by atoms with Crippen LogP contribution in [0.2, 0.25) is 5.02 Å². The molecule has 0 amide bonds. The third-order valence-corrected chi connectivity index (χ3v) is 4.79. The first-order valence-electron chi connectivity index (χ1n) is 6.95. The van der Waals surface area contributed by atoms with Crippen LogP contribution in [-0.2, 0) is 10.0 Å². The van der Waals surface area contributed by atoms with Crippen LogP contribution in [0.5, 0.6) is 5.75 Å². The van der Waals surface area contributed by atoms with Crippen molar-refractivity contribution in [2.24, 2.45) is 0 Å². The molecular formula is C15H15ClN2O5S. The maximum Gasteiger partial charge on any atom is 0.271 e. The molecular weight excluding hydrogens is 356 g/mol. The number of non-ortho nitro benzene ring substituents is 1. The summed E-state index contributed by atoms with van der Waals surface area (Å²) in [6.45, 7) is 3.64. The summed E-state index contributed by atoms with van der Waals surface area (Å²) in [6, 6.07) is 8.18. The van der Waals surface area contributed by atoms with E-state index >= 15 is 0 Å². The number of hydrogen-bond acceptors (Lipinski definition) is 5. The van der Waals surface area contributed by atoms with E-state index in [1.54, 1.807) is 13.8 Å². The van der Waals surface area contributed by atoms with Gasteiger partial charge >= 0.3 is 0 Å². The number of aryl methyl sites for hydroxylation is 1. The Morgan fingerprint density at radius 2 is 1.96 bits per heavy atom. The molecule has 2 rings (SSSR count). The molecule has 0 aliphatic carbocycles. The summed E-state index contributed by atoms with van der Waals surface area (Å²) in [7, 11) is -4.04. The second-order valence-electron chi connectivity index (χ2n) is 4.89. The average molecular weight is 371 g/mol. The molecule has 0 bridgehead atoms. The SMILES string of the molecule is CCOc1ccc(Cl)cc1S(=O)(=O)Nc1cc([N+](=O)[O-])ccc1C. The van der Waals surface area contributed by atoms with E-state index in [9.17, 15) is 18.5 Å². The summed E-state index contributed by atoms with van der Waals surface area (Å²) >= 11 is 5.89. The summed E-state index contributed by atoms with van der Waals surface area (Å²) < 4.78 is 33.0. The van der Waals surface area contributed by atoms with E-state index in [0.717, 1.165) is 6.07 Å². The molecule has 0 heterocycles. The number of halogens is 1. The minimum Gasteiger partial charge on any atom is -0.492 e. The van der Waals surface area contributed by atoms with Crippen molar-refractivity contribution in [2.45, 2.75) is 18.7 Å². The van der Waals surface area contributed by atoms with Crippen molar-refractivity contribution < 1.29 is 18.1 Å². The van der Waals surface area contributed by atoms with Crippen molar-refractivity contribution >= 4 is 33.0 Å². The Balaban J connectivity index is 2.48. The lowest BCUT2D eigenvalue weighted by molar-refractivity contribution is -0.384. The molecule has 2 aromatic rings. The van der Waals surface area contributed by atoms with E-state index in [0.29, 0.717) is 5.56 Å². The fourth-order valence-corrected chi connectivity index (χ4v) is 3.53. The second kappa shape index (κ2) is 7.06. The number of benzene rings is 2. The zero-order chi connectivity index (χ0) is 17.9. The lowest BCUT2D eigenvalue weighted by atomic mass is 10.2. The van der Waals surface area contributed by atoms with Crippen LogP contribution < -0.4 is 9.46 Å². The number of nitro benzene ring substituents is 1. The lowest BCUT2D eigenvalue weighted by Crippen LogP contribution is -2.15. The molecule has 0 atom stereocenters. The molecule has 7 nitrogen and oxygen atoms in total. The van der Waals surface area contributed by atoms with Crippen molar-refractivity contribution in [3.63, 3.8) is 0 Å². The minimum absolute atomic E-state index is 0.117. The zero-order valence-corrected chi connectivity index (χ0v) is 14.5. The lowest BCUT2D eigenvalue weighted by Gasteiger charge is -2.14. The molecule has 128 valence electrons. The van der Waals surface area contributed by atoms with Crippen molar-refractivity contribution in [3.05, 3.63) is 57.1 Å². The van der Waals surface area contributed by atoms with Gasteiger partial charge in [-0.2, -0.15) is 0 Å². The van der Waals surface area contributed by atoms with Crippen molar-refractivity contribution in [2.75, 3.05) is 11.3 Å². The first-order chi connectivity index (χ1) is 11.2. The highest BCUT2D eigenvalue weighted by molar-refractivity contribution is 7.92. The van der Waals surface area contributed by atoms with Crippen LogP contribution in [0, 0.1) is 17.0 Å². The van der Waals surface area contributed by atoms with E-state index in [-0.39, 0.29) is 33.6 Å². The fraction of sp³-hybridized carbons (Fsp3) is 0.200. The van der Waals surface area contributed by atoms with Gasteiger partial charge in [-0.25, -0.2) is 8.42 Å². The number of anilines is 1. The molecule has 0 fully saturated rings. The molecule has 0 radical (unpaired) electrons. The van der Waals surface area contributed by atoms with E-state index in [1.165, 1.54) is 30.3 Å². The second-order valence-corrected chi connectivity index (χ2v) is 6.97. The summed E-state index contributed by atoms with van der Waals surface area (Å²) in [5, 5.41) is 11.1. The standard InChI is InChI=1S/C15H15ClN2O5S/c1-3-23-14-7-5-11(16)8-15(14)24(21,22)17-13-9-12(18(19)20)6-4-10(13)2/h4-9,17H,3H2,1-2H3. The predicted molar refractivity (Wildman–Crippen MR) is 91.3 cm³/mol. The molecule has 0 unspecified atom stereocenters. The van der Waals surface area contributed by atoms with Crippen molar-refractivity contribution in [1.82, 2.24) is 0 Å². The largest absolute Gasteiger partial charge is 0.492 e. The molecule has 0 aliphatic rings. The Hall–Kier alpha value is -2.32. The van der Waals surface area contributed by atoms with Gasteiger partial charge in [-0.3, -0.25) is 14.8 Å². The van der Waals surface area contributed by atoms with Crippen LogP contribution in [-0.4, -0.2) is 19.9 Å². The Bertz CT molecular complexity index is 883. The Labute approximate surface area is 144 Å². The van der Waals surface area contributed by atoms with Gasteiger partial charge in [-0.05, 0) is 37.6 Å². The van der Waals surface area contributed by atoms with Crippen LogP contribution in [0.1, 0.15) is 12.5 Å². The van der Waals surface area contributed by atoms with Crippen LogP contribution in [0.3, 0.4) is 0 Å². The quantitative estimate of drug-likeness (QED) is 0.616. The van der Waals surface area contributed by atoms with Gasteiger partial charge in [0.25, 0.3) is 15.7 Å². The number of hydrogen-bond donors (Lipinski definition) is 1. The molecule has 9 heteroatoms. The Kier molecular flexibility index (Phi) is 5.30. The first-order valence-corrected chi connectivity index (χ1v) is 8.81. The van der Waals surface area contributed by atoms with Crippen LogP contribution in [0.25, 0.3) is 0 Å². The van der Waals surface area contributed by atoms with Crippen molar-refractivity contribution in [3.8, 4) is 5.75 Å². The molecule has 2 aromatic carbocycles. The van der Waals surface area contributed by atoms with Gasteiger partial charge in [0.1, 0.15) is 10.6 Å². The first kappa shape index (κ1) is 18.0. The molecule has 24 heavy (non-hydrogen) atoms. The molecule has 0 saturated carbocycles. The summed E-state index contributed by atoms with van der Waals surface area (Å²) in [5.41, 5.74) is 0.449. The maximum absolute atomic E-state index is 12.7. The van der Waals surface area contributed by atoms with E-state index < -0.39 is 14.9 Å². The van der Waals surface area contributed by atoms with Crippen molar-refractivity contribution in [1.29, 1.82) is 0 Å². The molecule has 1 N–H and O–H groups in total. The van der Waals surface area contributed by atoms with Gasteiger partial charge in [0.2, 0.25) is 0 Å². The average Bonchev–Trinajstić information content (AvgIpc) is 2.51. The number of nitro groups is 1. The van der Waals surface area contributed by atoms with E-state index in [1.807, 2.05) is 0 Å². The monoisotopic (exact) mass is 370 g/mol.